The van der Waals surface area contributed by atoms with Crippen molar-refractivity contribution in [1.82, 2.24) is 0 Å². The van der Waals surface area contributed by atoms with Gasteiger partial charge in [0, 0.05) is 17.8 Å². The molecule has 3 aromatic rings. The second-order valence-corrected chi connectivity index (χ2v) is 5.24. The van der Waals surface area contributed by atoms with Gasteiger partial charge < -0.3 is 19.9 Å². The lowest BCUT2D eigenvalue weighted by Gasteiger charge is -2.09. The molecule has 0 spiro atoms. The number of phenolic OH excluding ortho intramolecular Hbond substituents is 1. The normalized spacial score (nSPS) is 12.3. The van der Waals surface area contributed by atoms with Crippen molar-refractivity contribution >= 4 is 22.4 Å². The lowest BCUT2D eigenvalue weighted by Crippen LogP contribution is -2.12. The highest BCUT2D eigenvalue weighted by Crippen LogP contribution is 2.37. The monoisotopic (exact) mass is 307 g/mol. The van der Waals surface area contributed by atoms with Gasteiger partial charge in [-0.25, -0.2) is 0 Å². The number of carbonyl (C=O) groups excluding carboxylic acids is 1. The number of anilines is 1. The van der Waals surface area contributed by atoms with Crippen LogP contribution in [0.5, 0.6) is 17.2 Å². The number of rotatable bonds is 2. The van der Waals surface area contributed by atoms with Crippen molar-refractivity contribution in [3.63, 3.8) is 0 Å². The Kier molecular flexibility index (Phi) is 3.05. The topological polar surface area (TPSA) is 67.8 Å². The van der Waals surface area contributed by atoms with E-state index in [2.05, 4.69) is 5.32 Å². The smallest absolute Gasteiger partial charge is 0.259 e. The van der Waals surface area contributed by atoms with E-state index in [0.717, 1.165) is 10.8 Å². The molecule has 1 heterocycles. The van der Waals surface area contributed by atoms with Crippen molar-refractivity contribution in [3.05, 3.63) is 60.2 Å². The third-order valence-electron chi connectivity index (χ3n) is 3.74. The van der Waals surface area contributed by atoms with Gasteiger partial charge in [-0.1, -0.05) is 30.3 Å². The number of hydrogen-bond acceptors (Lipinski definition) is 4. The highest BCUT2D eigenvalue weighted by Gasteiger charge is 2.20. The van der Waals surface area contributed by atoms with Crippen LogP contribution in [0.3, 0.4) is 0 Å². The van der Waals surface area contributed by atoms with Gasteiger partial charge in [0.15, 0.2) is 11.5 Å². The predicted molar refractivity (Wildman–Crippen MR) is 86.1 cm³/mol. The van der Waals surface area contributed by atoms with Gasteiger partial charge in [0.2, 0.25) is 6.79 Å². The summed E-state index contributed by atoms with van der Waals surface area (Å²) in [6, 6.07) is 16.4. The molecule has 1 aliphatic heterocycles. The molecule has 3 aromatic carbocycles. The fourth-order valence-electron chi connectivity index (χ4n) is 2.58. The van der Waals surface area contributed by atoms with Gasteiger partial charge in [-0.15, -0.1) is 0 Å². The number of amides is 1. The fraction of sp³-hybridized carbons (Fsp3) is 0.0556. The van der Waals surface area contributed by atoms with Gasteiger partial charge in [-0.05, 0) is 22.9 Å². The molecule has 114 valence electrons. The van der Waals surface area contributed by atoms with E-state index in [-0.39, 0.29) is 18.1 Å². The Morgan fingerprint density at radius 2 is 1.70 bits per heavy atom. The van der Waals surface area contributed by atoms with Crippen LogP contribution in [0, 0.1) is 0 Å². The molecule has 2 N–H and O–H groups in total. The first kappa shape index (κ1) is 13.5. The largest absolute Gasteiger partial charge is 0.507 e. The summed E-state index contributed by atoms with van der Waals surface area (Å²) in [7, 11) is 0. The second kappa shape index (κ2) is 5.21. The SMILES string of the molecule is O=C(Nc1ccc2ccccc2c1)c1cc2c(cc1O)OCO2. The minimum atomic E-state index is -0.406. The zero-order valence-corrected chi connectivity index (χ0v) is 12.1. The van der Waals surface area contributed by atoms with Gasteiger partial charge >= 0.3 is 0 Å². The first-order chi connectivity index (χ1) is 11.2. The van der Waals surface area contributed by atoms with E-state index < -0.39 is 5.91 Å². The lowest BCUT2D eigenvalue weighted by atomic mass is 10.1. The Bertz CT molecular complexity index is 920. The Balaban J connectivity index is 1.64. The standard InChI is InChI=1S/C18H13NO4/c20-15-9-17-16(22-10-23-17)8-14(15)18(21)19-13-6-5-11-3-1-2-4-12(11)7-13/h1-9,20H,10H2,(H,19,21). The Morgan fingerprint density at radius 3 is 2.52 bits per heavy atom. The molecule has 0 atom stereocenters. The summed E-state index contributed by atoms with van der Waals surface area (Å²) in [6.07, 6.45) is 0. The molecule has 4 rings (SSSR count). The Hall–Kier alpha value is -3.21. The van der Waals surface area contributed by atoms with Crippen LogP contribution in [0.2, 0.25) is 0 Å². The van der Waals surface area contributed by atoms with E-state index >= 15 is 0 Å². The molecule has 0 saturated heterocycles. The van der Waals surface area contributed by atoms with Crippen molar-refractivity contribution < 1.29 is 19.4 Å². The summed E-state index contributed by atoms with van der Waals surface area (Å²) in [6.45, 7) is 0.0878. The van der Waals surface area contributed by atoms with Crippen molar-refractivity contribution in [3.8, 4) is 17.2 Å². The highest BCUT2D eigenvalue weighted by molar-refractivity contribution is 6.07. The summed E-state index contributed by atoms with van der Waals surface area (Å²) in [5.74, 6) is 0.333. The average Bonchev–Trinajstić information content (AvgIpc) is 3.01. The third-order valence-corrected chi connectivity index (χ3v) is 3.74. The molecule has 0 unspecified atom stereocenters. The summed E-state index contributed by atoms with van der Waals surface area (Å²) in [5.41, 5.74) is 0.799. The molecule has 0 saturated carbocycles. The van der Waals surface area contributed by atoms with E-state index in [4.69, 9.17) is 9.47 Å². The van der Waals surface area contributed by atoms with Gasteiger partial charge in [-0.3, -0.25) is 4.79 Å². The zero-order chi connectivity index (χ0) is 15.8. The predicted octanol–water partition coefficient (Wildman–Crippen LogP) is 3.53. The van der Waals surface area contributed by atoms with E-state index in [1.165, 1.54) is 12.1 Å². The van der Waals surface area contributed by atoms with E-state index in [1.807, 2.05) is 42.5 Å². The molecule has 5 heteroatoms. The molecule has 0 aromatic heterocycles. The van der Waals surface area contributed by atoms with Crippen LogP contribution >= 0.6 is 0 Å². The first-order valence-electron chi connectivity index (χ1n) is 7.13. The number of nitrogens with one attached hydrogen (secondary N) is 1. The van der Waals surface area contributed by atoms with E-state index in [0.29, 0.717) is 17.2 Å². The quantitative estimate of drug-likeness (QED) is 0.760. The maximum absolute atomic E-state index is 12.4. The van der Waals surface area contributed by atoms with Crippen molar-refractivity contribution in [2.24, 2.45) is 0 Å². The molecule has 0 radical (unpaired) electrons. The van der Waals surface area contributed by atoms with Crippen molar-refractivity contribution in [2.45, 2.75) is 0 Å². The maximum Gasteiger partial charge on any atom is 0.259 e. The summed E-state index contributed by atoms with van der Waals surface area (Å²) in [5, 5.41) is 14.9. The Morgan fingerprint density at radius 1 is 0.957 bits per heavy atom. The van der Waals surface area contributed by atoms with Crippen molar-refractivity contribution in [2.75, 3.05) is 12.1 Å². The van der Waals surface area contributed by atoms with Crippen LogP contribution in [0.4, 0.5) is 5.69 Å². The summed E-state index contributed by atoms with van der Waals surface area (Å²) >= 11 is 0. The number of carbonyl (C=O) groups is 1. The average molecular weight is 307 g/mol. The van der Waals surface area contributed by atoms with Crippen LogP contribution < -0.4 is 14.8 Å². The minimum absolute atomic E-state index is 0.0878. The number of hydrogen-bond donors (Lipinski definition) is 2. The molecule has 0 bridgehead atoms. The van der Waals surface area contributed by atoms with Crippen LogP contribution in [0.1, 0.15) is 10.4 Å². The van der Waals surface area contributed by atoms with Crippen LogP contribution in [0.25, 0.3) is 10.8 Å². The van der Waals surface area contributed by atoms with Crippen LogP contribution in [-0.2, 0) is 0 Å². The van der Waals surface area contributed by atoms with Crippen LogP contribution in [-0.4, -0.2) is 17.8 Å². The number of ether oxygens (including phenoxy) is 2. The molecular weight excluding hydrogens is 294 g/mol. The lowest BCUT2D eigenvalue weighted by molar-refractivity contribution is 0.102. The van der Waals surface area contributed by atoms with Gasteiger partial charge in [0.1, 0.15) is 5.75 Å². The number of fused-ring (bicyclic) bond motifs is 2. The Labute approximate surface area is 132 Å². The first-order valence-corrected chi connectivity index (χ1v) is 7.13. The van der Waals surface area contributed by atoms with Gasteiger partial charge in [-0.2, -0.15) is 0 Å². The summed E-state index contributed by atoms with van der Waals surface area (Å²) < 4.78 is 10.4. The van der Waals surface area contributed by atoms with Crippen molar-refractivity contribution in [1.29, 1.82) is 0 Å². The minimum Gasteiger partial charge on any atom is -0.507 e. The van der Waals surface area contributed by atoms with E-state index in [1.54, 1.807) is 0 Å². The summed E-state index contributed by atoms with van der Waals surface area (Å²) in [4.78, 5) is 12.4. The fourth-order valence-corrected chi connectivity index (χ4v) is 2.58. The second-order valence-electron chi connectivity index (χ2n) is 5.24. The molecule has 0 aliphatic carbocycles. The maximum atomic E-state index is 12.4. The van der Waals surface area contributed by atoms with Gasteiger partial charge in [0.05, 0.1) is 5.56 Å². The molecule has 0 fully saturated rings. The molecular formula is C18H13NO4. The molecule has 1 amide bonds. The molecule has 1 aliphatic rings. The molecule has 23 heavy (non-hydrogen) atoms. The highest BCUT2D eigenvalue weighted by atomic mass is 16.7. The van der Waals surface area contributed by atoms with Gasteiger partial charge in [0.25, 0.3) is 5.91 Å². The molecule has 5 nitrogen and oxygen atoms in total. The number of benzene rings is 3. The number of phenols is 1. The van der Waals surface area contributed by atoms with E-state index in [9.17, 15) is 9.90 Å². The zero-order valence-electron chi connectivity index (χ0n) is 12.1. The number of aromatic hydroxyl groups is 1. The van der Waals surface area contributed by atoms with Crippen LogP contribution in [0.15, 0.2) is 54.6 Å². The third kappa shape index (κ3) is 2.42.